The Kier molecular flexibility index (Phi) is 5.16. The Hall–Kier alpha value is -4.63. The standard InChI is InChI=1S/C32H24N2O/c1-3-4-6-11-22(2)27-20-25(21-28(33-27)23-12-7-5-8-13-23)34-29-15-10-9-14-26(29)31-30(34)17-16-24-18-19-35-32(24)31/h3-21H,1H2,2H3/b6-4-,22-11+. The molecule has 0 N–H and O–H groups in total. The van der Waals surface area contributed by atoms with Crippen LogP contribution in [-0.2, 0) is 0 Å². The SMILES string of the molecule is C=C/C=C\C=C(/C)c1cc(-n2c3ccccc3c3c4occc4ccc32)cc(-c2ccccc2)n1. The van der Waals surface area contributed by atoms with E-state index in [1.165, 1.54) is 5.39 Å². The first-order valence-corrected chi connectivity index (χ1v) is 11.7. The summed E-state index contributed by atoms with van der Waals surface area (Å²) in [6.45, 7) is 5.85. The minimum atomic E-state index is 0.917. The Labute approximate surface area is 204 Å². The smallest absolute Gasteiger partial charge is 0.143 e. The molecule has 6 rings (SSSR count). The number of benzene rings is 3. The Morgan fingerprint density at radius 1 is 0.886 bits per heavy atom. The van der Waals surface area contributed by atoms with Gasteiger partial charge in [0.25, 0.3) is 0 Å². The van der Waals surface area contributed by atoms with Crippen LogP contribution in [0.2, 0.25) is 0 Å². The quantitative estimate of drug-likeness (QED) is 0.245. The monoisotopic (exact) mass is 452 g/mol. The van der Waals surface area contributed by atoms with Gasteiger partial charge in [-0.2, -0.15) is 0 Å². The molecule has 0 aliphatic heterocycles. The zero-order valence-corrected chi connectivity index (χ0v) is 19.5. The van der Waals surface area contributed by atoms with Gasteiger partial charge in [0, 0.05) is 16.3 Å². The van der Waals surface area contributed by atoms with Crippen molar-refractivity contribution < 1.29 is 4.42 Å². The van der Waals surface area contributed by atoms with Crippen LogP contribution in [0.25, 0.3) is 55.3 Å². The molecule has 168 valence electrons. The van der Waals surface area contributed by atoms with Gasteiger partial charge in [-0.05, 0) is 48.9 Å². The average Bonchev–Trinajstić information content (AvgIpc) is 3.51. The molecule has 0 unspecified atom stereocenters. The van der Waals surface area contributed by atoms with Crippen LogP contribution in [0.4, 0.5) is 0 Å². The van der Waals surface area contributed by atoms with Gasteiger partial charge >= 0.3 is 0 Å². The second kappa shape index (κ2) is 8.62. The van der Waals surface area contributed by atoms with Crippen molar-refractivity contribution >= 4 is 38.3 Å². The number of aromatic nitrogens is 2. The number of nitrogens with zero attached hydrogens (tertiary/aromatic N) is 2. The van der Waals surface area contributed by atoms with E-state index in [0.717, 1.165) is 55.6 Å². The zero-order chi connectivity index (χ0) is 23.8. The summed E-state index contributed by atoms with van der Waals surface area (Å²) in [4.78, 5) is 5.03. The van der Waals surface area contributed by atoms with E-state index in [-0.39, 0.29) is 0 Å². The van der Waals surface area contributed by atoms with Crippen LogP contribution in [0.15, 0.2) is 126 Å². The fraction of sp³-hybridized carbons (Fsp3) is 0.0312. The summed E-state index contributed by atoms with van der Waals surface area (Å²) in [5, 5.41) is 3.40. The summed E-state index contributed by atoms with van der Waals surface area (Å²) in [5.41, 5.74) is 8.25. The third kappa shape index (κ3) is 3.58. The molecule has 3 heterocycles. The van der Waals surface area contributed by atoms with Gasteiger partial charge in [0.15, 0.2) is 0 Å². The van der Waals surface area contributed by atoms with E-state index < -0.39 is 0 Å². The molecule has 0 spiro atoms. The number of pyridine rings is 1. The molecule has 3 nitrogen and oxygen atoms in total. The lowest BCUT2D eigenvalue weighted by Crippen LogP contribution is -1.99. The number of para-hydroxylation sites is 1. The summed E-state index contributed by atoms with van der Waals surface area (Å²) in [7, 11) is 0. The van der Waals surface area contributed by atoms with Crippen molar-refractivity contribution in [3.05, 3.63) is 128 Å². The molecule has 6 aromatic rings. The van der Waals surface area contributed by atoms with Crippen molar-refractivity contribution in [1.29, 1.82) is 0 Å². The number of hydrogen-bond donors (Lipinski definition) is 0. The predicted molar refractivity (Wildman–Crippen MR) is 147 cm³/mol. The maximum Gasteiger partial charge on any atom is 0.143 e. The lowest BCUT2D eigenvalue weighted by molar-refractivity contribution is 0.619. The third-order valence-electron chi connectivity index (χ3n) is 6.39. The van der Waals surface area contributed by atoms with E-state index in [0.29, 0.717) is 0 Å². The molecule has 3 heteroatoms. The number of rotatable bonds is 5. The number of hydrogen-bond acceptors (Lipinski definition) is 2. The van der Waals surface area contributed by atoms with Crippen molar-refractivity contribution in [2.24, 2.45) is 0 Å². The van der Waals surface area contributed by atoms with Gasteiger partial charge in [-0.15, -0.1) is 0 Å². The fourth-order valence-corrected chi connectivity index (χ4v) is 4.72. The molecular formula is C32H24N2O. The van der Waals surface area contributed by atoms with E-state index in [2.05, 4.69) is 84.8 Å². The lowest BCUT2D eigenvalue weighted by Gasteiger charge is -2.13. The van der Waals surface area contributed by atoms with Crippen molar-refractivity contribution in [1.82, 2.24) is 9.55 Å². The molecule has 0 saturated heterocycles. The number of furan rings is 1. The molecule has 0 aliphatic rings. The lowest BCUT2D eigenvalue weighted by atomic mass is 10.1. The number of fused-ring (bicyclic) bond motifs is 5. The van der Waals surface area contributed by atoms with Crippen LogP contribution in [0.1, 0.15) is 12.6 Å². The van der Waals surface area contributed by atoms with Gasteiger partial charge in [0.2, 0.25) is 0 Å². The minimum Gasteiger partial charge on any atom is -0.464 e. The number of allylic oxidation sites excluding steroid dienone is 5. The summed E-state index contributed by atoms with van der Waals surface area (Å²) in [6.07, 6.45) is 9.52. The third-order valence-corrected chi connectivity index (χ3v) is 6.39. The van der Waals surface area contributed by atoms with Crippen molar-refractivity contribution in [3.63, 3.8) is 0 Å². The van der Waals surface area contributed by atoms with E-state index in [9.17, 15) is 0 Å². The van der Waals surface area contributed by atoms with Crippen LogP contribution in [-0.4, -0.2) is 9.55 Å². The van der Waals surface area contributed by atoms with Gasteiger partial charge in [0.1, 0.15) is 5.58 Å². The summed E-state index contributed by atoms with van der Waals surface area (Å²) in [5.74, 6) is 0. The Morgan fingerprint density at radius 3 is 2.57 bits per heavy atom. The van der Waals surface area contributed by atoms with Crippen LogP contribution < -0.4 is 0 Å². The fourth-order valence-electron chi connectivity index (χ4n) is 4.72. The largest absolute Gasteiger partial charge is 0.464 e. The van der Waals surface area contributed by atoms with Crippen molar-refractivity contribution in [2.45, 2.75) is 6.92 Å². The normalized spacial score (nSPS) is 12.3. The van der Waals surface area contributed by atoms with Crippen LogP contribution >= 0.6 is 0 Å². The summed E-state index contributed by atoms with van der Waals surface area (Å²) in [6, 6.07) is 29.5. The first kappa shape index (κ1) is 20.9. The summed E-state index contributed by atoms with van der Waals surface area (Å²) < 4.78 is 8.26. The summed E-state index contributed by atoms with van der Waals surface area (Å²) >= 11 is 0. The van der Waals surface area contributed by atoms with Gasteiger partial charge in [0.05, 0.1) is 39.8 Å². The van der Waals surface area contributed by atoms with E-state index in [1.807, 2.05) is 36.4 Å². The van der Waals surface area contributed by atoms with E-state index >= 15 is 0 Å². The Bertz CT molecular complexity index is 1760. The second-order valence-electron chi connectivity index (χ2n) is 8.58. The first-order valence-electron chi connectivity index (χ1n) is 11.7. The molecule has 0 radical (unpaired) electrons. The molecule has 0 aliphatic carbocycles. The second-order valence-corrected chi connectivity index (χ2v) is 8.58. The maximum absolute atomic E-state index is 5.95. The van der Waals surface area contributed by atoms with Crippen LogP contribution in [0.5, 0.6) is 0 Å². The van der Waals surface area contributed by atoms with Gasteiger partial charge in [-0.1, -0.05) is 79.4 Å². The Balaban J connectivity index is 1.68. The molecular weight excluding hydrogens is 428 g/mol. The predicted octanol–water partition coefficient (Wildman–Crippen LogP) is 8.74. The van der Waals surface area contributed by atoms with Crippen molar-refractivity contribution in [2.75, 3.05) is 0 Å². The molecule has 0 fully saturated rings. The van der Waals surface area contributed by atoms with E-state index in [1.54, 1.807) is 12.3 Å². The van der Waals surface area contributed by atoms with Gasteiger partial charge in [-0.3, -0.25) is 0 Å². The minimum absolute atomic E-state index is 0.917. The molecule has 35 heavy (non-hydrogen) atoms. The van der Waals surface area contributed by atoms with Crippen LogP contribution in [0, 0.1) is 0 Å². The maximum atomic E-state index is 5.95. The zero-order valence-electron chi connectivity index (χ0n) is 19.5. The average molecular weight is 453 g/mol. The van der Waals surface area contributed by atoms with Crippen molar-refractivity contribution in [3.8, 4) is 16.9 Å². The highest BCUT2D eigenvalue weighted by Crippen LogP contribution is 2.38. The molecule has 0 bridgehead atoms. The highest BCUT2D eigenvalue weighted by atomic mass is 16.3. The molecule has 0 amide bonds. The highest BCUT2D eigenvalue weighted by Gasteiger charge is 2.17. The van der Waals surface area contributed by atoms with Gasteiger partial charge < -0.3 is 8.98 Å². The molecule has 3 aromatic carbocycles. The topological polar surface area (TPSA) is 31.0 Å². The molecule has 0 saturated carbocycles. The Morgan fingerprint density at radius 2 is 1.71 bits per heavy atom. The van der Waals surface area contributed by atoms with Gasteiger partial charge in [-0.25, -0.2) is 4.98 Å². The van der Waals surface area contributed by atoms with Crippen LogP contribution in [0.3, 0.4) is 0 Å². The van der Waals surface area contributed by atoms with E-state index in [4.69, 9.17) is 9.40 Å². The molecule has 3 aromatic heterocycles. The molecule has 0 atom stereocenters. The highest BCUT2D eigenvalue weighted by molar-refractivity contribution is 6.19. The first-order chi connectivity index (χ1) is 17.2.